The fourth-order valence-electron chi connectivity index (χ4n) is 2.17. The predicted molar refractivity (Wildman–Crippen MR) is 83.4 cm³/mol. The van der Waals surface area contributed by atoms with Crippen LogP contribution >= 0.6 is 27.5 Å². The standard InChI is InChI=1S/C12H19BrN6S/c1-6(2)11-12(20-18-16-11)8(15-14)5-9-10(13)7(3)17-19(9)4/h6,8,15H,5,14H2,1-4H3. The van der Waals surface area contributed by atoms with Gasteiger partial charge in [0.2, 0.25) is 0 Å². The van der Waals surface area contributed by atoms with Crippen LogP contribution in [0.25, 0.3) is 0 Å². The summed E-state index contributed by atoms with van der Waals surface area (Å²) in [6.45, 7) is 6.20. The molecule has 2 rings (SSSR count). The SMILES string of the molecule is Cc1nn(C)c(CC(NN)c2snnc2C(C)C)c1Br. The molecule has 0 aromatic carbocycles. The Morgan fingerprint density at radius 1 is 1.45 bits per heavy atom. The Bertz CT molecular complexity index is 591. The van der Waals surface area contributed by atoms with Crippen LogP contribution in [0.5, 0.6) is 0 Å². The van der Waals surface area contributed by atoms with E-state index < -0.39 is 0 Å². The van der Waals surface area contributed by atoms with Crippen LogP contribution in [0.4, 0.5) is 0 Å². The number of nitrogens with zero attached hydrogens (tertiary/aromatic N) is 4. The average Bonchev–Trinajstić information content (AvgIpc) is 2.95. The molecule has 2 heterocycles. The van der Waals surface area contributed by atoms with Gasteiger partial charge in [-0.1, -0.05) is 18.3 Å². The number of nitrogens with two attached hydrogens (primary N) is 1. The highest BCUT2D eigenvalue weighted by molar-refractivity contribution is 9.10. The van der Waals surface area contributed by atoms with Gasteiger partial charge in [0.25, 0.3) is 0 Å². The third-order valence-electron chi connectivity index (χ3n) is 3.26. The predicted octanol–water partition coefficient (Wildman–Crippen LogP) is 2.21. The maximum atomic E-state index is 5.74. The summed E-state index contributed by atoms with van der Waals surface area (Å²) in [5.41, 5.74) is 5.97. The highest BCUT2D eigenvalue weighted by Gasteiger charge is 2.23. The van der Waals surface area contributed by atoms with Gasteiger partial charge in [0, 0.05) is 13.5 Å². The molecule has 6 nitrogen and oxygen atoms in total. The van der Waals surface area contributed by atoms with Gasteiger partial charge in [-0.3, -0.25) is 16.0 Å². The summed E-state index contributed by atoms with van der Waals surface area (Å²) in [6, 6.07) is -0.0153. The van der Waals surface area contributed by atoms with Crippen molar-refractivity contribution in [3.63, 3.8) is 0 Å². The summed E-state index contributed by atoms with van der Waals surface area (Å²) in [5.74, 6) is 6.07. The van der Waals surface area contributed by atoms with Crippen molar-refractivity contribution in [2.75, 3.05) is 0 Å². The van der Waals surface area contributed by atoms with Crippen LogP contribution in [0, 0.1) is 6.92 Å². The highest BCUT2D eigenvalue weighted by Crippen LogP contribution is 2.30. The van der Waals surface area contributed by atoms with Crippen molar-refractivity contribution in [3.05, 3.63) is 26.4 Å². The lowest BCUT2D eigenvalue weighted by Gasteiger charge is -2.16. The number of aromatic nitrogens is 4. The van der Waals surface area contributed by atoms with Gasteiger partial charge in [-0.25, -0.2) is 0 Å². The second-order valence-electron chi connectivity index (χ2n) is 5.07. The average molecular weight is 359 g/mol. The van der Waals surface area contributed by atoms with E-state index in [0.29, 0.717) is 5.92 Å². The molecule has 1 unspecified atom stereocenters. The van der Waals surface area contributed by atoms with Crippen molar-refractivity contribution in [3.8, 4) is 0 Å². The van der Waals surface area contributed by atoms with Gasteiger partial charge in [0.15, 0.2) is 0 Å². The quantitative estimate of drug-likeness (QED) is 0.632. The van der Waals surface area contributed by atoms with E-state index in [-0.39, 0.29) is 6.04 Å². The van der Waals surface area contributed by atoms with Gasteiger partial charge < -0.3 is 0 Å². The van der Waals surface area contributed by atoms with E-state index in [2.05, 4.69) is 49.9 Å². The molecule has 0 spiro atoms. The van der Waals surface area contributed by atoms with Crippen molar-refractivity contribution in [2.24, 2.45) is 12.9 Å². The molecular weight excluding hydrogens is 340 g/mol. The molecule has 20 heavy (non-hydrogen) atoms. The molecule has 2 aromatic heterocycles. The summed E-state index contributed by atoms with van der Waals surface area (Å²) in [7, 11) is 1.94. The van der Waals surface area contributed by atoms with E-state index in [9.17, 15) is 0 Å². The molecule has 0 aliphatic carbocycles. The molecule has 0 aliphatic heterocycles. The fourth-order valence-corrected chi connectivity index (χ4v) is 3.53. The van der Waals surface area contributed by atoms with Crippen LogP contribution in [0.2, 0.25) is 0 Å². The van der Waals surface area contributed by atoms with Crippen LogP contribution in [0.3, 0.4) is 0 Å². The van der Waals surface area contributed by atoms with Crippen molar-refractivity contribution in [1.29, 1.82) is 0 Å². The van der Waals surface area contributed by atoms with Crippen LogP contribution in [0.15, 0.2) is 4.47 Å². The van der Waals surface area contributed by atoms with E-state index in [1.165, 1.54) is 11.5 Å². The Morgan fingerprint density at radius 3 is 2.65 bits per heavy atom. The first-order valence-corrected chi connectivity index (χ1v) is 7.98. The molecule has 0 radical (unpaired) electrons. The topological polar surface area (TPSA) is 81.7 Å². The molecule has 0 amide bonds. The van der Waals surface area contributed by atoms with Gasteiger partial charge in [0.1, 0.15) is 0 Å². The number of halogens is 1. The van der Waals surface area contributed by atoms with Crippen LogP contribution in [0.1, 0.15) is 47.8 Å². The van der Waals surface area contributed by atoms with Crippen molar-refractivity contribution >= 4 is 27.5 Å². The van der Waals surface area contributed by atoms with Crippen molar-refractivity contribution in [2.45, 2.75) is 39.2 Å². The first-order chi connectivity index (χ1) is 9.45. The van der Waals surface area contributed by atoms with E-state index in [4.69, 9.17) is 5.84 Å². The largest absolute Gasteiger partial charge is 0.271 e. The lowest BCUT2D eigenvalue weighted by Crippen LogP contribution is -2.30. The summed E-state index contributed by atoms with van der Waals surface area (Å²) >= 11 is 4.99. The Morgan fingerprint density at radius 2 is 2.15 bits per heavy atom. The number of hydrogen-bond acceptors (Lipinski definition) is 6. The fraction of sp³-hybridized carbons (Fsp3) is 0.583. The molecular formula is C12H19BrN6S. The minimum atomic E-state index is -0.0153. The number of nitrogens with one attached hydrogen (secondary N) is 1. The Labute approximate surface area is 131 Å². The van der Waals surface area contributed by atoms with Gasteiger partial charge in [-0.05, 0) is 40.3 Å². The molecule has 0 bridgehead atoms. The summed E-state index contributed by atoms with van der Waals surface area (Å²) < 4.78 is 6.98. The minimum absolute atomic E-state index is 0.0153. The van der Waals surface area contributed by atoms with Crippen LogP contribution in [-0.4, -0.2) is 19.4 Å². The summed E-state index contributed by atoms with van der Waals surface area (Å²) in [4.78, 5) is 1.09. The zero-order chi connectivity index (χ0) is 14.9. The second kappa shape index (κ2) is 6.30. The molecule has 3 N–H and O–H groups in total. The number of hydrogen-bond donors (Lipinski definition) is 2. The van der Waals surface area contributed by atoms with E-state index in [1.54, 1.807) is 0 Å². The molecule has 110 valence electrons. The van der Waals surface area contributed by atoms with Crippen molar-refractivity contribution < 1.29 is 0 Å². The molecule has 8 heteroatoms. The lowest BCUT2D eigenvalue weighted by atomic mass is 10.0. The highest BCUT2D eigenvalue weighted by atomic mass is 79.9. The molecule has 2 aromatic rings. The van der Waals surface area contributed by atoms with Crippen LogP contribution in [-0.2, 0) is 13.5 Å². The van der Waals surface area contributed by atoms with E-state index >= 15 is 0 Å². The second-order valence-corrected chi connectivity index (χ2v) is 6.65. The zero-order valence-corrected chi connectivity index (χ0v) is 14.4. The maximum Gasteiger partial charge on any atom is 0.0829 e. The first kappa shape index (κ1) is 15.6. The summed E-state index contributed by atoms with van der Waals surface area (Å²) in [6.07, 6.45) is 0.734. The third-order valence-corrected chi connectivity index (χ3v) is 5.15. The van der Waals surface area contributed by atoms with Crippen molar-refractivity contribution in [1.82, 2.24) is 24.8 Å². The summed E-state index contributed by atoms with van der Waals surface area (Å²) in [5, 5.41) is 8.63. The van der Waals surface area contributed by atoms with Gasteiger partial charge in [-0.2, -0.15) is 5.10 Å². The normalized spacial score (nSPS) is 13.2. The van der Waals surface area contributed by atoms with Gasteiger partial charge in [-0.15, -0.1) is 5.10 Å². The van der Waals surface area contributed by atoms with Crippen LogP contribution < -0.4 is 11.3 Å². The first-order valence-electron chi connectivity index (χ1n) is 6.41. The molecule has 0 aliphatic rings. The van der Waals surface area contributed by atoms with Gasteiger partial charge >= 0.3 is 0 Å². The monoisotopic (exact) mass is 358 g/mol. The van der Waals surface area contributed by atoms with E-state index in [0.717, 1.165) is 32.9 Å². The Hall–Kier alpha value is -0.830. The Balaban J connectivity index is 2.31. The number of hydrazine groups is 1. The number of rotatable bonds is 5. The van der Waals surface area contributed by atoms with Gasteiger partial charge in [0.05, 0.1) is 32.5 Å². The third kappa shape index (κ3) is 2.93. The lowest BCUT2D eigenvalue weighted by molar-refractivity contribution is 0.529. The maximum absolute atomic E-state index is 5.74. The smallest absolute Gasteiger partial charge is 0.0829 e. The molecule has 1 atom stereocenters. The zero-order valence-electron chi connectivity index (χ0n) is 12.0. The molecule has 0 fully saturated rings. The Kier molecular flexibility index (Phi) is 4.90. The van der Waals surface area contributed by atoms with E-state index in [1.807, 2.05) is 18.7 Å². The minimum Gasteiger partial charge on any atom is -0.271 e. The molecule has 0 saturated carbocycles. The molecule has 0 saturated heterocycles. The number of aryl methyl sites for hydroxylation is 2.